The van der Waals surface area contributed by atoms with E-state index in [9.17, 15) is 13.6 Å². The van der Waals surface area contributed by atoms with Gasteiger partial charge in [0, 0.05) is 17.3 Å². The summed E-state index contributed by atoms with van der Waals surface area (Å²) in [5.41, 5.74) is 8.35. The van der Waals surface area contributed by atoms with Crippen molar-refractivity contribution >= 4 is 17.4 Å². The number of hydrogen-bond donors (Lipinski definition) is 2. The molecule has 1 unspecified atom stereocenters. The molecule has 3 N–H and O–H groups in total. The minimum absolute atomic E-state index is 0.0977. The van der Waals surface area contributed by atoms with E-state index in [-0.39, 0.29) is 28.9 Å². The number of anilines is 2. The number of likely N-dealkylation sites (N-methyl/N-ethyl adjacent to an activating group) is 1. The van der Waals surface area contributed by atoms with E-state index in [1.54, 1.807) is 13.0 Å². The minimum atomic E-state index is -0.656. The Kier molecular flexibility index (Phi) is 6.10. The fraction of sp³-hybridized carbons (Fsp3) is 0.346. The van der Waals surface area contributed by atoms with E-state index in [2.05, 4.69) is 20.2 Å². The van der Waals surface area contributed by atoms with Crippen LogP contribution in [-0.4, -0.2) is 47.0 Å². The predicted molar refractivity (Wildman–Crippen MR) is 129 cm³/mol. The molecule has 3 aromatic rings. The maximum absolute atomic E-state index is 14.7. The van der Waals surface area contributed by atoms with Crippen LogP contribution in [0.25, 0.3) is 11.3 Å². The molecule has 1 amide bonds. The summed E-state index contributed by atoms with van der Waals surface area (Å²) in [5, 5.41) is 2.65. The molecule has 9 heteroatoms. The van der Waals surface area contributed by atoms with Gasteiger partial charge in [-0.2, -0.15) is 0 Å². The summed E-state index contributed by atoms with van der Waals surface area (Å²) in [6.07, 6.45) is 4.36. The van der Waals surface area contributed by atoms with Crippen molar-refractivity contribution in [3.63, 3.8) is 0 Å². The van der Waals surface area contributed by atoms with Gasteiger partial charge in [0.1, 0.15) is 30.3 Å². The third-order valence-electron chi connectivity index (χ3n) is 6.85. The number of likely N-dealkylation sites (tertiary alicyclic amines) is 1. The fourth-order valence-corrected chi connectivity index (χ4v) is 4.31. The van der Waals surface area contributed by atoms with Crippen LogP contribution in [0.2, 0.25) is 0 Å². The van der Waals surface area contributed by atoms with Crippen LogP contribution in [0.3, 0.4) is 0 Å². The second kappa shape index (κ2) is 9.22. The molecular formula is C26H27F2N5O2. The van der Waals surface area contributed by atoms with E-state index < -0.39 is 17.5 Å². The Labute approximate surface area is 202 Å². The molecule has 0 bridgehead atoms. The zero-order valence-corrected chi connectivity index (χ0v) is 19.6. The predicted octanol–water partition coefficient (Wildman–Crippen LogP) is 4.53. The van der Waals surface area contributed by atoms with Crippen LogP contribution in [0, 0.1) is 18.6 Å². The molecule has 0 spiro atoms. The van der Waals surface area contributed by atoms with Crippen molar-refractivity contribution in [2.45, 2.75) is 38.1 Å². The zero-order valence-electron chi connectivity index (χ0n) is 19.6. The average Bonchev–Trinajstić information content (AvgIpc) is 3.66. The summed E-state index contributed by atoms with van der Waals surface area (Å²) >= 11 is 0. The largest absolute Gasteiger partial charge is 0.486 e. The second-order valence-corrected chi connectivity index (χ2v) is 9.26. The van der Waals surface area contributed by atoms with Crippen molar-refractivity contribution in [1.82, 2.24) is 14.9 Å². The Morgan fingerprint density at radius 1 is 1.20 bits per heavy atom. The molecule has 1 aliphatic heterocycles. The number of carbonyl (C=O) groups is 1. The SMILES string of the molecule is Cc1c(NC(=O)c2ccc(C3CC3)cc2F)cc(F)cc1-c1ncnc(N)c1OCC1CCN1C. The van der Waals surface area contributed by atoms with E-state index in [4.69, 9.17) is 10.5 Å². The molecule has 35 heavy (non-hydrogen) atoms. The number of nitrogens with zero attached hydrogens (tertiary/aromatic N) is 3. The topological polar surface area (TPSA) is 93.4 Å². The normalized spacial score (nSPS) is 17.7. The number of rotatable bonds is 7. The van der Waals surface area contributed by atoms with Crippen LogP contribution in [0.4, 0.5) is 20.3 Å². The molecule has 5 rings (SSSR count). The molecule has 182 valence electrons. The van der Waals surface area contributed by atoms with Gasteiger partial charge in [-0.1, -0.05) is 6.07 Å². The van der Waals surface area contributed by atoms with Gasteiger partial charge < -0.3 is 15.8 Å². The van der Waals surface area contributed by atoms with Crippen LogP contribution in [-0.2, 0) is 0 Å². The quantitative estimate of drug-likeness (QED) is 0.517. The molecule has 2 aliphatic rings. The Balaban J connectivity index is 1.43. The zero-order chi connectivity index (χ0) is 24.7. The van der Waals surface area contributed by atoms with E-state index in [1.807, 2.05) is 7.05 Å². The van der Waals surface area contributed by atoms with Crippen LogP contribution in [0.1, 0.15) is 46.7 Å². The van der Waals surface area contributed by atoms with Gasteiger partial charge in [-0.15, -0.1) is 0 Å². The molecule has 1 aromatic heterocycles. The van der Waals surface area contributed by atoms with Crippen LogP contribution in [0.5, 0.6) is 5.75 Å². The highest BCUT2D eigenvalue weighted by molar-refractivity contribution is 6.05. The minimum Gasteiger partial charge on any atom is -0.486 e. The molecule has 1 aliphatic carbocycles. The maximum Gasteiger partial charge on any atom is 0.258 e. The molecular weight excluding hydrogens is 452 g/mol. The molecule has 2 fully saturated rings. The first-order valence-electron chi connectivity index (χ1n) is 11.7. The van der Waals surface area contributed by atoms with Crippen molar-refractivity contribution in [3.8, 4) is 17.0 Å². The van der Waals surface area contributed by atoms with E-state index >= 15 is 0 Å². The maximum atomic E-state index is 14.7. The van der Waals surface area contributed by atoms with Gasteiger partial charge in [-0.05, 0) is 81.1 Å². The Morgan fingerprint density at radius 3 is 2.66 bits per heavy atom. The van der Waals surface area contributed by atoms with E-state index in [0.29, 0.717) is 29.3 Å². The number of nitrogens with two attached hydrogens (primary N) is 1. The van der Waals surface area contributed by atoms with E-state index in [0.717, 1.165) is 31.4 Å². The van der Waals surface area contributed by atoms with Gasteiger partial charge in [0.05, 0.1) is 5.56 Å². The number of aromatic nitrogens is 2. The highest BCUT2D eigenvalue weighted by atomic mass is 19.1. The molecule has 1 atom stereocenters. The lowest BCUT2D eigenvalue weighted by molar-refractivity contribution is 0.0771. The Hall–Kier alpha value is -3.59. The number of nitrogens with one attached hydrogen (secondary N) is 1. The standard InChI is InChI=1S/C26H27F2N5O2/c1-14-20(23-24(25(29)31-13-30-23)35-12-18-7-8-33(18)2)10-17(27)11-22(14)32-26(34)19-6-5-16(9-21(19)28)15-3-4-15/h5-6,9-11,13,15,18H,3-4,7-8,12H2,1-2H3,(H,32,34)(H2,29,30,31). The second-order valence-electron chi connectivity index (χ2n) is 9.26. The smallest absolute Gasteiger partial charge is 0.258 e. The Bertz CT molecular complexity index is 1290. The van der Waals surface area contributed by atoms with E-state index in [1.165, 1.54) is 30.6 Å². The van der Waals surface area contributed by atoms with Crippen molar-refractivity contribution in [1.29, 1.82) is 0 Å². The summed E-state index contributed by atoms with van der Waals surface area (Å²) in [6, 6.07) is 7.41. The van der Waals surface area contributed by atoms with Gasteiger partial charge in [0.25, 0.3) is 5.91 Å². The molecule has 7 nitrogen and oxygen atoms in total. The van der Waals surface area contributed by atoms with Gasteiger partial charge in [0.15, 0.2) is 11.6 Å². The van der Waals surface area contributed by atoms with Crippen molar-refractivity contribution < 1.29 is 18.3 Å². The monoisotopic (exact) mass is 479 g/mol. The number of nitrogen functional groups attached to an aromatic ring is 1. The van der Waals surface area contributed by atoms with Crippen molar-refractivity contribution in [2.24, 2.45) is 0 Å². The highest BCUT2D eigenvalue weighted by Crippen LogP contribution is 2.41. The molecule has 1 saturated heterocycles. The number of halogens is 2. The lowest BCUT2D eigenvalue weighted by Crippen LogP contribution is -2.48. The van der Waals surface area contributed by atoms with Crippen molar-refractivity contribution in [2.75, 3.05) is 31.2 Å². The average molecular weight is 480 g/mol. The van der Waals surface area contributed by atoms with Gasteiger partial charge >= 0.3 is 0 Å². The lowest BCUT2D eigenvalue weighted by atomic mass is 10.0. The van der Waals surface area contributed by atoms with Crippen LogP contribution in [0.15, 0.2) is 36.7 Å². The fourth-order valence-electron chi connectivity index (χ4n) is 4.31. The molecule has 0 radical (unpaired) electrons. The van der Waals surface area contributed by atoms with Gasteiger partial charge in [0.2, 0.25) is 0 Å². The highest BCUT2D eigenvalue weighted by Gasteiger charge is 2.27. The molecule has 2 heterocycles. The number of ether oxygens (including phenoxy) is 1. The lowest BCUT2D eigenvalue weighted by Gasteiger charge is -2.37. The summed E-state index contributed by atoms with van der Waals surface area (Å²) < 4.78 is 35.3. The number of carbonyl (C=O) groups excluding carboxylic acids is 1. The van der Waals surface area contributed by atoms with Gasteiger partial charge in [-0.25, -0.2) is 18.7 Å². The Morgan fingerprint density at radius 2 is 2.00 bits per heavy atom. The summed E-state index contributed by atoms with van der Waals surface area (Å²) in [6.45, 7) is 3.12. The summed E-state index contributed by atoms with van der Waals surface area (Å²) in [4.78, 5) is 23.4. The summed E-state index contributed by atoms with van der Waals surface area (Å²) in [7, 11) is 2.01. The first kappa shape index (κ1) is 23.2. The third kappa shape index (κ3) is 4.68. The van der Waals surface area contributed by atoms with Gasteiger partial charge in [-0.3, -0.25) is 9.69 Å². The molecule has 1 saturated carbocycles. The number of hydrogen-bond acceptors (Lipinski definition) is 6. The summed E-state index contributed by atoms with van der Waals surface area (Å²) in [5.74, 6) is -1.06. The molecule has 2 aromatic carbocycles. The number of amides is 1. The first-order valence-corrected chi connectivity index (χ1v) is 11.7. The van der Waals surface area contributed by atoms with Crippen molar-refractivity contribution in [3.05, 3.63) is 65.0 Å². The number of benzene rings is 2. The van der Waals surface area contributed by atoms with Crippen LogP contribution < -0.4 is 15.8 Å². The first-order chi connectivity index (χ1) is 16.8. The van der Waals surface area contributed by atoms with Crippen LogP contribution >= 0.6 is 0 Å². The third-order valence-corrected chi connectivity index (χ3v) is 6.85.